The molecule has 2 heterocycles. The molecule has 0 saturated carbocycles. The summed E-state index contributed by atoms with van der Waals surface area (Å²) in [6.45, 7) is 2.58. The molecule has 31 heavy (non-hydrogen) atoms. The van der Waals surface area contributed by atoms with E-state index >= 15 is 0 Å². The Balaban J connectivity index is 1.60. The van der Waals surface area contributed by atoms with E-state index in [1.165, 1.54) is 11.8 Å². The molecule has 0 radical (unpaired) electrons. The monoisotopic (exact) mass is 450 g/mol. The fourth-order valence-corrected chi connectivity index (χ4v) is 4.50. The summed E-state index contributed by atoms with van der Waals surface area (Å²) < 4.78 is 7.50. The molecule has 0 aliphatic heterocycles. The average Bonchev–Trinajstić information content (AvgIpc) is 3.47. The lowest BCUT2D eigenvalue weighted by molar-refractivity contribution is -0.118. The first kappa shape index (κ1) is 21.1. The molecule has 6 nitrogen and oxygen atoms in total. The number of amides is 1. The van der Waals surface area contributed by atoms with E-state index in [9.17, 15) is 4.79 Å². The van der Waals surface area contributed by atoms with Crippen LogP contribution < -0.4 is 10.1 Å². The molecule has 0 aliphatic carbocycles. The van der Waals surface area contributed by atoms with Crippen LogP contribution in [0, 0.1) is 6.92 Å². The quantitative estimate of drug-likeness (QED) is 0.393. The van der Waals surface area contributed by atoms with E-state index in [-0.39, 0.29) is 11.7 Å². The van der Waals surface area contributed by atoms with Gasteiger partial charge in [0.15, 0.2) is 11.0 Å². The van der Waals surface area contributed by atoms with Crippen LogP contribution in [-0.2, 0) is 11.3 Å². The zero-order valence-electron chi connectivity index (χ0n) is 17.2. The minimum absolute atomic E-state index is 0.0457. The highest BCUT2D eigenvalue weighted by Gasteiger charge is 2.19. The maximum atomic E-state index is 12.4. The Morgan fingerprint density at radius 1 is 1.10 bits per heavy atom. The number of nitrogens with zero attached hydrogens (tertiary/aromatic N) is 3. The zero-order chi connectivity index (χ0) is 21.6. The first-order chi connectivity index (χ1) is 15.2. The minimum atomic E-state index is -0.0457. The number of benzene rings is 2. The fourth-order valence-electron chi connectivity index (χ4n) is 3.07. The van der Waals surface area contributed by atoms with E-state index in [1.807, 2.05) is 77.5 Å². The second-order valence-corrected chi connectivity index (χ2v) is 8.80. The number of thiophene rings is 1. The number of ether oxygens (including phenoxy) is 1. The molecule has 1 amide bonds. The smallest absolute Gasteiger partial charge is 0.230 e. The van der Waals surface area contributed by atoms with Crippen molar-refractivity contribution in [2.24, 2.45) is 0 Å². The molecule has 4 rings (SSSR count). The number of aryl methyl sites for hydroxylation is 1. The van der Waals surface area contributed by atoms with Gasteiger partial charge in [-0.15, -0.1) is 21.5 Å². The summed E-state index contributed by atoms with van der Waals surface area (Å²) in [5.41, 5.74) is 2.93. The van der Waals surface area contributed by atoms with Crippen molar-refractivity contribution in [3.8, 4) is 22.8 Å². The van der Waals surface area contributed by atoms with Gasteiger partial charge < -0.3 is 10.1 Å². The Morgan fingerprint density at radius 3 is 2.65 bits per heavy atom. The Morgan fingerprint density at radius 2 is 1.90 bits per heavy atom. The molecule has 0 atom stereocenters. The molecule has 1 N–H and O–H groups in total. The van der Waals surface area contributed by atoms with Gasteiger partial charge in [0.1, 0.15) is 5.75 Å². The van der Waals surface area contributed by atoms with Gasteiger partial charge in [-0.1, -0.05) is 47.7 Å². The number of aromatic nitrogens is 3. The van der Waals surface area contributed by atoms with E-state index in [2.05, 4.69) is 15.5 Å². The Labute approximate surface area is 189 Å². The van der Waals surface area contributed by atoms with E-state index < -0.39 is 0 Å². The topological polar surface area (TPSA) is 69.0 Å². The van der Waals surface area contributed by atoms with Gasteiger partial charge in [0, 0.05) is 10.6 Å². The average molecular weight is 451 g/mol. The number of nitrogens with one attached hydrogen (secondary N) is 1. The number of methoxy groups -OCH3 is 1. The van der Waals surface area contributed by atoms with Crippen LogP contribution in [0.4, 0.5) is 0 Å². The zero-order valence-corrected chi connectivity index (χ0v) is 18.9. The molecule has 2 aromatic heterocycles. The molecule has 0 bridgehead atoms. The maximum Gasteiger partial charge on any atom is 0.230 e. The molecule has 4 aromatic rings. The highest BCUT2D eigenvalue weighted by atomic mass is 32.2. The van der Waals surface area contributed by atoms with E-state index in [1.54, 1.807) is 18.4 Å². The lowest BCUT2D eigenvalue weighted by Gasteiger charge is -2.12. The molecule has 0 saturated heterocycles. The van der Waals surface area contributed by atoms with Crippen LogP contribution >= 0.6 is 23.1 Å². The van der Waals surface area contributed by atoms with Crippen LogP contribution in [0.15, 0.2) is 71.2 Å². The lowest BCUT2D eigenvalue weighted by atomic mass is 10.1. The number of carbonyl (C=O) groups excluding carboxylic acids is 1. The van der Waals surface area contributed by atoms with Crippen molar-refractivity contribution in [3.05, 3.63) is 76.5 Å². The van der Waals surface area contributed by atoms with Gasteiger partial charge in [-0.3, -0.25) is 9.36 Å². The van der Waals surface area contributed by atoms with Gasteiger partial charge in [0.05, 0.1) is 25.0 Å². The molecule has 158 valence electrons. The molecule has 0 aliphatic rings. The van der Waals surface area contributed by atoms with Crippen molar-refractivity contribution in [2.45, 2.75) is 18.6 Å². The predicted molar refractivity (Wildman–Crippen MR) is 125 cm³/mol. The number of hydrogen-bond donors (Lipinski definition) is 1. The fraction of sp³-hybridized carbons (Fsp3) is 0.174. The Hall–Kier alpha value is -3.10. The second kappa shape index (κ2) is 9.80. The summed E-state index contributed by atoms with van der Waals surface area (Å²) in [4.78, 5) is 13.5. The summed E-state index contributed by atoms with van der Waals surface area (Å²) in [5, 5.41) is 14.4. The van der Waals surface area contributed by atoms with E-state index in [0.29, 0.717) is 23.3 Å². The maximum absolute atomic E-state index is 12.4. The SMILES string of the molecule is COc1ccccc1-c1nnc(SCC(=O)NCc2cccs2)n1-c1ccc(C)cc1. The van der Waals surface area contributed by atoms with Gasteiger partial charge in [0.25, 0.3) is 0 Å². The van der Waals surface area contributed by atoms with E-state index in [0.717, 1.165) is 21.7 Å². The molecule has 2 aromatic carbocycles. The highest BCUT2D eigenvalue weighted by molar-refractivity contribution is 7.99. The predicted octanol–water partition coefficient (Wildman–Crippen LogP) is 4.72. The van der Waals surface area contributed by atoms with Crippen molar-refractivity contribution in [1.82, 2.24) is 20.1 Å². The van der Waals surface area contributed by atoms with Crippen molar-refractivity contribution < 1.29 is 9.53 Å². The third-order valence-corrected chi connectivity index (χ3v) is 6.45. The van der Waals surface area contributed by atoms with Gasteiger partial charge in [0.2, 0.25) is 5.91 Å². The van der Waals surface area contributed by atoms with Crippen LogP contribution in [-0.4, -0.2) is 33.5 Å². The molecule has 0 unspecified atom stereocenters. The van der Waals surface area contributed by atoms with Crippen molar-refractivity contribution in [2.75, 3.05) is 12.9 Å². The number of hydrogen-bond acceptors (Lipinski definition) is 6. The van der Waals surface area contributed by atoms with Crippen LogP contribution in [0.5, 0.6) is 5.75 Å². The van der Waals surface area contributed by atoms with Crippen molar-refractivity contribution in [1.29, 1.82) is 0 Å². The van der Waals surface area contributed by atoms with Crippen LogP contribution in [0.25, 0.3) is 17.1 Å². The third-order valence-electron chi connectivity index (χ3n) is 4.65. The normalized spacial score (nSPS) is 10.8. The summed E-state index contributed by atoms with van der Waals surface area (Å²) in [7, 11) is 1.64. The van der Waals surface area contributed by atoms with Gasteiger partial charge >= 0.3 is 0 Å². The summed E-state index contributed by atoms with van der Waals surface area (Å²) in [6.07, 6.45) is 0. The standard InChI is InChI=1S/C23H22N4O2S2/c1-16-9-11-17(12-10-16)27-22(19-7-3-4-8-20(19)29-2)25-26-23(27)31-15-21(28)24-14-18-6-5-13-30-18/h3-13H,14-15H2,1-2H3,(H,24,28). The largest absolute Gasteiger partial charge is 0.496 e. The van der Waals surface area contributed by atoms with Crippen LogP contribution in [0.3, 0.4) is 0 Å². The first-order valence-electron chi connectivity index (χ1n) is 9.73. The molecular weight excluding hydrogens is 428 g/mol. The van der Waals surface area contributed by atoms with Gasteiger partial charge in [-0.2, -0.15) is 0 Å². The molecular formula is C23H22N4O2S2. The number of thioether (sulfide) groups is 1. The first-order valence-corrected chi connectivity index (χ1v) is 11.6. The molecule has 0 spiro atoms. The number of rotatable bonds is 8. The third kappa shape index (κ3) is 4.98. The summed E-state index contributed by atoms with van der Waals surface area (Å²) in [6, 6.07) is 19.8. The molecule has 0 fully saturated rings. The number of para-hydroxylation sites is 1. The Kier molecular flexibility index (Phi) is 6.69. The van der Waals surface area contributed by atoms with E-state index in [4.69, 9.17) is 4.74 Å². The highest BCUT2D eigenvalue weighted by Crippen LogP contribution is 2.33. The Bertz CT molecular complexity index is 1150. The van der Waals surface area contributed by atoms with Gasteiger partial charge in [-0.05, 0) is 42.6 Å². The lowest BCUT2D eigenvalue weighted by Crippen LogP contribution is -2.24. The number of carbonyl (C=O) groups is 1. The van der Waals surface area contributed by atoms with Crippen molar-refractivity contribution >= 4 is 29.0 Å². The van der Waals surface area contributed by atoms with Crippen LogP contribution in [0.1, 0.15) is 10.4 Å². The van der Waals surface area contributed by atoms with Crippen LogP contribution in [0.2, 0.25) is 0 Å². The second-order valence-electron chi connectivity index (χ2n) is 6.82. The van der Waals surface area contributed by atoms with Crippen molar-refractivity contribution in [3.63, 3.8) is 0 Å². The summed E-state index contributed by atoms with van der Waals surface area (Å²) >= 11 is 2.99. The van der Waals surface area contributed by atoms with Gasteiger partial charge in [-0.25, -0.2) is 0 Å². The summed E-state index contributed by atoms with van der Waals surface area (Å²) in [5.74, 6) is 1.59. The minimum Gasteiger partial charge on any atom is -0.496 e. The molecule has 8 heteroatoms.